The van der Waals surface area contributed by atoms with Gasteiger partial charge in [-0.05, 0) is 43.0 Å². The first-order chi connectivity index (χ1) is 10.3. The molecule has 0 heterocycles. The van der Waals surface area contributed by atoms with E-state index in [9.17, 15) is 0 Å². The lowest BCUT2D eigenvalue weighted by atomic mass is 9.81. The van der Waals surface area contributed by atoms with Crippen LogP contribution in [0.5, 0.6) is 5.75 Å². The SMILES string of the molecule is CCNC(c1cccc(OC)c1)C(OC)C1CCCCC1. The van der Waals surface area contributed by atoms with E-state index in [1.807, 2.05) is 13.2 Å². The normalized spacial score (nSPS) is 19.2. The highest BCUT2D eigenvalue weighted by molar-refractivity contribution is 5.31. The third-order valence-corrected chi connectivity index (χ3v) is 4.59. The summed E-state index contributed by atoms with van der Waals surface area (Å²) in [5.74, 6) is 1.56. The van der Waals surface area contributed by atoms with Gasteiger partial charge in [0.25, 0.3) is 0 Å². The van der Waals surface area contributed by atoms with Crippen LogP contribution >= 0.6 is 0 Å². The van der Waals surface area contributed by atoms with Crippen LogP contribution < -0.4 is 10.1 Å². The highest BCUT2D eigenvalue weighted by atomic mass is 16.5. The van der Waals surface area contributed by atoms with Crippen molar-refractivity contribution in [2.45, 2.75) is 51.2 Å². The van der Waals surface area contributed by atoms with Gasteiger partial charge in [-0.25, -0.2) is 0 Å². The fraction of sp³-hybridized carbons (Fsp3) is 0.667. The minimum absolute atomic E-state index is 0.234. The van der Waals surface area contributed by atoms with Crippen LogP contribution in [0.1, 0.15) is 50.6 Å². The van der Waals surface area contributed by atoms with E-state index >= 15 is 0 Å². The van der Waals surface area contributed by atoms with Gasteiger partial charge in [0.05, 0.1) is 19.3 Å². The van der Waals surface area contributed by atoms with Gasteiger partial charge in [0.15, 0.2) is 0 Å². The zero-order chi connectivity index (χ0) is 15.1. The second-order valence-corrected chi connectivity index (χ2v) is 5.91. The first-order valence-electron chi connectivity index (χ1n) is 8.20. The number of hydrogen-bond donors (Lipinski definition) is 1. The van der Waals surface area contributed by atoms with Gasteiger partial charge in [-0.15, -0.1) is 0 Å². The van der Waals surface area contributed by atoms with E-state index in [-0.39, 0.29) is 12.1 Å². The van der Waals surface area contributed by atoms with Crippen molar-refractivity contribution in [2.75, 3.05) is 20.8 Å². The van der Waals surface area contributed by atoms with Gasteiger partial charge in [0.2, 0.25) is 0 Å². The Morgan fingerprint density at radius 3 is 2.57 bits per heavy atom. The summed E-state index contributed by atoms with van der Waals surface area (Å²) in [5, 5.41) is 3.62. The Hall–Kier alpha value is -1.06. The van der Waals surface area contributed by atoms with E-state index in [1.54, 1.807) is 7.11 Å². The molecule has 0 bridgehead atoms. The Morgan fingerprint density at radius 2 is 1.95 bits per heavy atom. The van der Waals surface area contributed by atoms with Crippen molar-refractivity contribution in [2.24, 2.45) is 5.92 Å². The van der Waals surface area contributed by atoms with Crippen LogP contribution in [0, 0.1) is 5.92 Å². The Labute approximate surface area is 129 Å². The van der Waals surface area contributed by atoms with E-state index in [1.165, 1.54) is 37.7 Å². The fourth-order valence-corrected chi connectivity index (χ4v) is 3.54. The molecule has 1 aliphatic carbocycles. The Morgan fingerprint density at radius 1 is 1.19 bits per heavy atom. The standard InChI is InChI=1S/C18H29NO2/c1-4-19-17(15-11-8-12-16(13-15)20-2)18(21-3)14-9-6-5-7-10-14/h8,11-14,17-19H,4-7,9-10H2,1-3H3. The molecule has 118 valence electrons. The summed E-state index contributed by atoms with van der Waals surface area (Å²) in [5.41, 5.74) is 1.26. The molecule has 1 fully saturated rings. The summed E-state index contributed by atoms with van der Waals surface area (Å²) in [4.78, 5) is 0. The van der Waals surface area contributed by atoms with E-state index in [0.29, 0.717) is 5.92 Å². The number of ether oxygens (including phenoxy) is 2. The van der Waals surface area contributed by atoms with E-state index in [0.717, 1.165) is 12.3 Å². The molecule has 2 atom stereocenters. The van der Waals surface area contributed by atoms with Gasteiger partial charge in [0, 0.05) is 7.11 Å². The van der Waals surface area contributed by atoms with Crippen molar-refractivity contribution in [1.82, 2.24) is 5.32 Å². The molecule has 0 saturated heterocycles. The largest absolute Gasteiger partial charge is 0.497 e. The van der Waals surface area contributed by atoms with E-state index in [4.69, 9.17) is 9.47 Å². The topological polar surface area (TPSA) is 30.5 Å². The molecule has 0 aliphatic heterocycles. The van der Waals surface area contributed by atoms with Crippen LogP contribution in [-0.4, -0.2) is 26.9 Å². The van der Waals surface area contributed by atoms with Gasteiger partial charge in [-0.1, -0.05) is 38.3 Å². The maximum atomic E-state index is 5.93. The maximum absolute atomic E-state index is 5.93. The minimum Gasteiger partial charge on any atom is -0.497 e. The average molecular weight is 291 g/mol. The number of likely N-dealkylation sites (N-methyl/N-ethyl adjacent to an activating group) is 1. The second-order valence-electron chi connectivity index (χ2n) is 5.91. The average Bonchev–Trinajstić information content (AvgIpc) is 2.56. The Balaban J connectivity index is 2.21. The van der Waals surface area contributed by atoms with Crippen LogP contribution in [0.3, 0.4) is 0 Å². The molecule has 0 spiro atoms. The van der Waals surface area contributed by atoms with Crippen LogP contribution in [0.25, 0.3) is 0 Å². The highest BCUT2D eigenvalue weighted by Crippen LogP contribution is 2.34. The number of hydrogen-bond acceptors (Lipinski definition) is 3. The van der Waals surface area contributed by atoms with Crippen molar-refractivity contribution in [1.29, 1.82) is 0 Å². The Bertz CT molecular complexity index is 415. The molecule has 1 saturated carbocycles. The summed E-state index contributed by atoms with van der Waals surface area (Å²) >= 11 is 0. The molecule has 0 radical (unpaired) electrons. The van der Waals surface area contributed by atoms with Crippen molar-refractivity contribution < 1.29 is 9.47 Å². The van der Waals surface area contributed by atoms with Crippen LogP contribution in [0.2, 0.25) is 0 Å². The third-order valence-electron chi connectivity index (χ3n) is 4.59. The molecule has 3 nitrogen and oxygen atoms in total. The third kappa shape index (κ3) is 4.21. The van der Waals surface area contributed by atoms with Crippen molar-refractivity contribution in [3.05, 3.63) is 29.8 Å². The summed E-state index contributed by atoms with van der Waals surface area (Å²) in [6, 6.07) is 8.59. The molecule has 1 aromatic rings. The van der Waals surface area contributed by atoms with E-state index < -0.39 is 0 Å². The zero-order valence-electron chi connectivity index (χ0n) is 13.6. The zero-order valence-corrected chi connectivity index (χ0v) is 13.6. The van der Waals surface area contributed by atoms with Crippen molar-refractivity contribution in [3.8, 4) is 5.75 Å². The first kappa shape index (κ1) is 16.3. The van der Waals surface area contributed by atoms with Crippen LogP contribution in [0.15, 0.2) is 24.3 Å². The molecule has 2 rings (SSSR count). The van der Waals surface area contributed by atoms with Gasteiger partial charge in [0.1, 0.15) is 5.75 Å². The molecule has 3 heteroatoms. The predicted molar refractivity (Wildman–Crippen MR) is 86.8 cm³/mol. The second kappa shape index (κ2) is 8.40. The molecule has 0 amide bonds. The summed E-state index contributed by atoms with van der Waals surface area (Å²) in [7, 11) is 3.57. The molecule has 1 aromatic carbocycles. The van der Waals surface area contributed by atoms with Crippen LogP contribution in [-0.2, 0) is 4.74 Å². The predicted octanol–water partition coefficient (Wildman–Crippen LogP) is 3.94. The summed E-state index contributed by atoms with van der Waals surface area (Å²) in [6.07, 6.45) is 6.84. The number of rotatable bonds is 7. The smallest absolute Gasteiger partial charge is 0.119 e. The lowest BCUT2D eigenvalue weighted by Gasteiger charge is -2.35. The summed E-state index contributed by atoms with van der Waals surface area (Å²) in [6.45, 7) is 3.09. The lowest BCUT2D eigenvalue weighted by molar-refractivity contribution is 0.00788. The number of nitrogens with one attached hydrogen (secondary N) is 1. The Kier molecular flexibility index (Phi) is 6.52. The van der Waals surface area contributed by atoms with E-state index in [2.05, 4.69) is 30.4 Å². The quantitative estimate of drug-likeness (QED) is 0.825. The van der Waals surface area contributed by atoms with Gasteiger partial charge >= 0.3 is 0 Å². The first-order valence-corrected chi connectivity index (χ1v) is 8.20. The maximum Gasteiger partial charge on any atom is 0.119 e. The molecular weight excluding hydrogens is 262 g/mol. The lowest BCUT2D eigenvalue weighted by Crippen LogP contribution is -2.39. The molecule has 21 heavy (non-hydrogen) atoms. The molecule has 0 aromatic heterocycles. The molecule has 1 aliphatic rings. The molecule has 2 unspecified atom stereocenters. The fourth-order valence-electron chi connectivity index (χ4n) is 3.54. The van der Waals surface area contributed by atoms with Crippen molar-refractivity contribution in [3.63, 3.8) is 0 Å². The van der Waals surface area contributed by atoms with Gasteiger partial charge in [-0.3, -0.25) is 0 Å². The van der Waals surface area contributed by atoms with Gasteiger partial charge in [-0.2, -0.15) is 0 Å². The highest BCUT2D eigenvalue weighted by Gasteiger charge is 2.31. The number of methoxy groups -OCH3 is 2. The molecule has 1 N–H and O–H groups in total. The monoisotopic (exact) mass is 291 g/mol. The molecular formula is C18H29NO2. The van der Waals surface area contributed by atoms with Crippen molar-refractivity contribution >= 4 is 0 Å². The number of benzene rings is 1. The summed E-state index contributed by atoms with van der Waals surface area (Å²) < 4.78 is 11.3. The van der Waals surface area contributed by atoms with Gasteiger partial charge < -0.3 is 14.8 Å². The minimum atomic E-state index is 0.234. The van der Waals surface area contributed by atoms with Crippen LogP contribution in [0.4, 0.5) is 0 Å².